The maximum absolute atomic E-state index is 14.3. The molecular formula is C33H43N3O3. The lowest BCUT2D eigenvalue weighted by molar-refractivity contribution is -0.125. The van der Waals surface area contributed by atoms with Crippen LogP contribution in [0.4, 0.5) is 0 Å². The molecule has 6 heteroatoms. The number of nitrogens with zero attached hydrogens (tertiary/aromatic N) is 2. The molecule has 0 saturated heterocycles. The van der Waals surface area contributed by atoms with E-state index in [1.807, 2.05) is 62.6 Å². The molecule has 1 heterocycles. The van der Waals surface area contributed by atoms with Gasteiger partial charge < -0.3 is 20.2 Å². The van der Waals surface area contributed by atoms with Crippen LogP contribution in [0.15, 0.2) is 48.5 Å². The van der Waals surface area contributed by atoms with Crippen LogP contribution in [0.1, 0.15) is 84.0 Å². The maximum atomic E-state index is 14.3. The second-order valence-electron chi connectivity index (χ2n) is 13.2. The zero-order chi connectivity index (χ0) is 27.1. The highest BCUT2D eigenvalue weighted by molar-refractivity contribution is 6.01. The van der Waals surface area contributed by atoms with Crippen molar-refractivity contribution < 1.29 is 14.7 Å². The van der Waals surface area contributed by atoms with E-state index in [2.05, 4.69) is 15.1 Å². The third-order valence-electron chi connectivity index (χ3n) is 9.98. The minimum absolute atomic E-state index is 0.0135. The van der Waals surface area contributed by atoms with Crippen molar-refractivity contribution in [3.8, 4) is 0 Å². The first-order valence-corrected chi connectivity index (χ1v) is 14.9. The third-order valence-corrected chi connectivity index (χ3v) is 9.98. The van der Waals surface area contributed by atoms with Crippen molar-refractivity contribution in [3.05, 3.63) is 70.8 Å². The van der Waals surface area contributed by atoms with Gasteiger partial charge in [0.1, 0.15) is 0 Å². The first-order chi connectivity index (χ1) is 18.9. The number of amides is 2. The van der Waals surface area contributed by atoms with Crippen LogP contribution in [0.25, 0.3) is 0 Å². The Balaban J connectivity index is 1.38. The minimum atomic E-state index is -0.479. The second-order valence-corrected chi connectivity index (χ2v) is 13.2. The van der Waals surface area contributed by atoms with Gasteiger partial charge in [-0.3, -0.25) is 9.59 Å². The number of nitrogens with one attached hydrogen (secondary N) is 1. The van der Waals surface area contributed by atoms with E-state index in [9.17, 15) is 14.7 Å². The molecule has 0 aromatic heterocycles. The van der Waals surface area contributed by atoms with E-state index in [4.69, 9.17) is 0 Å². The molecule has 4 aliphatic carbocycles. The smallest absolute Gasteiger partial charge is 0.254 e. The molecule has 6 nitrogen and oxygen atoms in total. The monoisotopic (exact) mass is 529 g/mol. The molecule has 2 aromatic carbocycles. The Labute approximate surface area is 232 Å². The van der Waals surface area contributed by atoms with Gasteiger partial charge in [0.25, 0.3) is 5.91 Å². The van der Waals surface area contributed by atoms with E-state index in [0.717, 1.165) is 54.0 Å². The van der Waals surface area contributed by atoms with Gasteiger partial charge in [-0.25, -0.2) is 0 Å². The number of carbonyl (C=O) groups is 2. The van der Waals surface area contributed by atoms with Gasteiger partial charge in [0.05, 0.1) is 18.6 Å². The summed E-state index contributed by atoms with van der Waals surface area (Å²) in [5, 5.41) is 12.9. The molecule has 2 atom stereocenters. The molecule has 39 heavy (non-hydrogen) atoms. The highest BCUT2D eigenvalue weighted by Gasteiger charge is 2.54. The van der Waals surface area contributed by atoms with Crippen molar-refractivity contribution >= 4 is 11.8 Å². The van der Waals surface area contributed by atoms with Gasteiger partial charge in [-0.15, -0.1) is 0 Å². The van der Waals surface area contributed by atoms with Crippen molar-refractivity contribution in [1.82, 2.24) is 15.1 Å². The summed E-state index contributed by atoms with van der Waals surface area (Å²) in [6.07, 6.45) is 8.59. The molecule has 0 radical (unpaired) electrons. The molecule has 2 amide bonds. The van der Waals surface area contributed by atoms with Crippen molar-refractivity contribution in [3.63, 3.8) is 0 Å². The largest absolute Gasteiger partial charge is 0.392 e. The fraction of sp³-hybridized carbons (Fsp3) is 0.576. The minimum Gasteiger partial charge on any atom is -0.392 e. The predicted molar refractivity (Wildman–Crippen MR) is 152 cm³/mol. The van der Waals surface area contributed by atoms with Gasteiger partial charge in [-0.2, -0.15) is 0 Å². The number of fused-ring (bicyclic) bond motifs is 1. The quantitative estimate of drug-likeness (QED) is 0.460. The van der Waals surface area contributed by atoms with E-state index in [0.29, 0.717) is 12.1 Å². The summed E-state index contributed by atoms with van der Waals surface area (Å²) in [6.45, 7) is 2.21. The average Bonchev–Trinajstić information content (AvgIpc) is 2.91. The number of aliphatic hydroxyl groups is 1. The van der Waals surface area contributed by atoms with E-state index < -0.39 is 5.92 Å². The normalized spacial score (nSPS) is 31.0. The molecule has 4 bridgehead atoms. The predicted octanol–water partition coefficient (Wildman–Crippen LogP) is 4.74. The lowest BCUT2D eigenvalue weighted by Crippen LogP contribution is -2.55. The Morgan fingerprint density at radius 1 is 1.00 bits per heavy atom. The highest BCUT2D eigenvalue weighted by atomic mass is 16.3. The molecule has 7 rings (SSSR count). The van der Waals surface area contributed by atoms with Crippen LogP contribution in [0.3, 0.4) is 0 Å². The Kier molecular flexibility index (Phi) is 7.28. The molecule has 2 N–H and O–H groups in total. The van der Waals surface area contributed by atoms with Gasteiger partial charge >= 0.3 is 0 Å². The lowest BCUT2D eigenvalue weighted by atomic mass is 9.49. The van der Waals surface area contributed by atoms with Crippen molar-refractivity contribution in [2.45, 2.75) is 63.5 Å². The van der Waals surface area contributed by atoms with E-state index in [-0.39, 0.29) is 29.9 Å². The highest BCUT2D eigenvalue weighted by Crippen LogP contribution is 2.61. The van der Waals surface area contributed by atoms with Crippen LogP contribution >= 0.6 is 0 Å². The first kappa shape index (κ1) is 26.5. The summed E-state index contributed by atoms with van der Waals surface area (Å²) < 4.78 is 0. The molecule has 2 aromatic rings. The Morgan fingerprint density at radius 2 is 1.64 bits per heavy atom. The van der Waals surface area contributed by atoms with Crippen LogP contribution in [-0.2, 0) is 11.4 Å². The molecule has 0 unspecified atom stereocenters. The fourth-order valence-electron chi connectivity index (χ4n) is 8.80. The van der Waals surface area contributed by atoms with Crippen LogP contribution in [0, 0.1) is 23.2 Å². The molecular weight excluding hydrogens is 486 g/mol. The van der Waals surface area contributed by atoms with E-state index in [1.54, 1.807) is 0 Å². The first-order valence-electron chi connectivity index (χ1n) is 14.9. The summed E-state index contributed by atoms with van der Waals surface area (Å²) >= 11 is 0. The number of carbonyl (C=O) groups excluding carboxylic acids is 2. The zero-order valence-electron chi connectivity index (χ0n) is 23.4. The molecule has 1 aliphatic heterocycles. The van der Waals surface area contributed by atoms with Gasteiger partial charge in [0.15, 0.2) is 0 Å². The zero-order valence-corrected chi connectivity index (χ0v) is 23.4. The van der Waals surface area contributed by atoms with Crippen molar-refractivity contribution in [2.24, 2.45) is 23.2 Å². The number of hydrogen-bond acceptors (Lipinski definition) is 4. The average molecular weight is 530 g/mol. The topological polar surface area (TPSA) is 72.9 Å². The number of benzene rings is 2. The summed E-state index contributed by atoms with van der Waals surface area (Å²) in [5.74, 6) is 1.94. The summed E-state index contributed by atoms with van der Waals surface area (Å²) in [7, 11) is 4.08. The second kappa shape index (κ2) is 10.7. The van der Waals surface area contributed by atoms with Gasteiger partial charge in [0, 0.05) is 18.7 Å². The van der Waals surface area contributed by atoms with E-state index >= 15 is 0 Å². The SMILES string of the molecule is CN(C)CCCNC(=O)[C@@H]1c2ccccc2C(=O)N(CC23CC4CC(CC(C4)C2)C3)[C@H]1c1ccc(CO)cc1. The summed E-state index contributed by atoms with van der Waals surface area (Å²) in [5.41, 5.74) is 3.45. The standard InChI is InChI=1S/C33H43N3O3/c1-35(2)13-5-12-34-31(38)29-27-6-3-4-7-28(27)32(39)36(30(29)26-10-8-22(20-37)9-11-26)21-33-17-23-14-24(18-33)16-25(15-23)19-33/h3-4,6-11,23-25,29-30,37H,5,12-21H2,1-2H3,(H,34,38)/t23?,24?,25?,29-,30+,33?/m1/s1. The Morgan fingerprint density at radius 3 is 2.26 bits per heavy atom. The molecule has 208 valence electrons. The molecule has 4 saturated carbocycles. The Hall–Kier alpha value is -2.70. The van der Waals surface area contributed by atoms with E-state index in [1.165, 1.54) is 38.5 Å². The number of aliphatic hydroxyl groups excluding tert-OH is 1. The fourth-order valence-corrected chi connectivity index (χ4v) is 8.80. The van der Waals surface area contributed by atoms with Gasteiger partial charge in [-0.1, -0.05) is 42.5 Å². The van der Waals surface area contributed by atoms with Crippen LogP contribution < -0.4 is 5.32 Å². The number of rotatable bonds is 9. The molecule has 0 spiro atoms. The Bertz CT molecular complexity index is 1170. The van der Waals surface area contributed by atoms with Gasteiger partial charge in [0.2, 0.25) is 5.91 Å². The third kappa shape index (κ3) is 5.14. The summed E-state index contributed by atoms with van der Waals surface area (Å²) in [4.78, 5) is 32.5. The summed E-state index contributed by atoms with van der Waals surface area (Å²) in [6, 6.07) is 15.2. The van der Waals surface area contributed by atoms with Crippen molar-refractivity contribution in [2.75, 3.05) is 33.7 Å². The number of hydrogen-bond donors (Lipinski definition) is 2. The molecule has 4 fully saturated rings. The van der Waals surface area contributed by atoms with Crippen LogP contribution in [0.2, 0.25) is 0 Å². The van der Waals surface area contributed by atoms with Crippen LogP contribution in [-0.4, -0.2) is 60.5 Å². The lowest BCUT2D eigenvalue weighted by Gasteiger charge is -2.59. The molecule has 5 aliphatic rings. The van der Waals surface area contributed by atoms with Crippen LogP contribution in [0.5, 0.6) is 0 Å². The maximum Gasteiger partial charge on any atom is 0.254 e. The van der Waals surface area contributed by atoms with Crippen molar-refractivity contribution in [1.29, 1.82) is 0 Å². The van der Waals surface area contributed by atoms with Gasteiger partial charge in [-0.05, 0) is 112 Å².